The van der Waals surface area contributed by atoms with Gasteiger partial charge < -0.3 is 10.2 Å². The lowest BCUT2D eigenvalue weighted by molar-refractivity contribution is 0.473. The van der Waals surface area contributed by atoms with Crippen molar-refractivity contribution in [1.29, 1.82) is 0 Å². The third-order valence-corrected chi connectivity index (χ3v) is 4.71. The van der Waals surface area contributed by atoms with E-state index in [1.54, 1.807) is 31.2 Å². The Labute approximate surface area is 147 Å². The lowest BCUT2D eigenvalue weighted by atomic mass is 9.78. The molecule has 0 fully saturated rings. The van der Waals surface area contributed by atoms with E-state index >= 15 is 0 Å². The van der Waals surface area contributed by atoms with Crippen molar-refractivity contribution in [2.75, 3.05) is 0 Å². The first-order chi connectivity index (χ1) is 12.0. The molecule has 3 heteroatoms. The monoisotopic (exact) mass is 336 g/mol. The lowest BCUT2D eigenvalue weighted by Crippen LogP contribution is -2.11. The Morgan fingerprint density at radius 1 is 0.720 bits per heavy atom. The molecule has 0 radical (unpaired) electrons. The minimum absolute atomic E-state index is 0.00411. The number of hydrogen-bond donors (Lipinski definition) is 2. The molecular weight excluding hydrogens is 315 g/mol. The summed E-state index contributed by atoms with van der Waals surface area (Å²) in [6.45, 7) is 3.88. The molecule has 0 saturated carbocycles. The zero-order valence-corrected chi connectivity index (χ0v) is 14.3. The average Bonchev–Trinajstić information content (AvgIpc) is 2.60. The quantitative estimate of drug-likeness (QED) is 0.662. The first kappa shape index (κ1) is 17.0. The van der Waals surface area contributed by atoms with Crippen LogP contribution in [0.3, 0.4) is 0 Å². The van der Waals surface area contributed by atoms with Crippen molar-refractivity contribution in [2.24, 2.45) is 0 Å². The topological polar surface area (TPSA) is 40.5 Å². The van der Waals surface area contributed by atoms with E-state index in [0.29, 0.717) is 5.56 Å². The van der Waals surface area contributed by atoms with Crippen LogP contribution in [0.1, 0.15) is 41.0 Å². The van der Waals surface area contributed by atoms with Gasteiger partial charge in [-0.3, -0.25) is 0 Å². The third-order valence-electron chi connectivity index (χ3n) is 4.71. The molecule has 2 nitrogen and oxygen atoms in total. The molecule has 2 atom stereocenters. The van der Waals surface area contributed by atoms with E-state index < -0.39 is 0 Å². The number of phenolic OH excluding ortho intramolecular Hbond substituents is 2. The van der Waals surface area contributed by atoms with Crippen LogP contribution in [-0.4, -0.2) is 10.2 Å². The second-order valence-electron chi connectivity index (χ2n) is 6.46. The SMILES string of the molecule is Cc1cc(C(c2ccc(O)cc2)C(C)c2ccc(O)cc2)ccc1F. The van der Waals surface area contributed by atoms with Crippen LogP contribution in [0.2, 0.25) is 0 Å². The molecule has 0 amide bonds. The summed E-state index contributed by atoms with van der Waals surface area (Å²) in [7, 11) is 0. The molecule has 3 aromatic carbocycles. The van der Waals surface area contributed by atoms with Crippen molar-refractivity contribution in [2.45, 2.75) is 25.7 Å². The maximum Gasteiger partial charge on any atom is 0.126 e. The Hall–Kier alpha value is -2.81. The first-order valence-electron chi connectivity index (χ1n) is 8.29. The van der Waals surface area contributed by atoms with Crippen molar-refractivity contribution >= 4 is 0 Å². The highest BCUT2D eigenvalue weighted by Crippen LogP contribution is 2.39. The fourth-order valence-electron chi connectivity index (χ4n) is 3.28. The molecule has 2 unspecified atom stereocenters. The largest absolute Gasteiger partial charge is 0.508 e. The minimum atomic E-state index is -0.217. The lowest BCUT2D eigenvalue weighted by Gasteiger charge is -2.26. The molecule has 3 aromatic rings. The van der Waals surface area contributed by atoms with Crippen LogP contribution in [-0.2, 0) is 0 Å². The normalized spacial score (nSPS) is 13.4. The Bertz CT molecular complexity index is 854. The second kappa shape index (κ2) is 6.98. The van der Waals surface area contributed by atoms with Gasteiger partial charge in [0.15, 0.2) is 0 Å². The maximum absolute atomic E-state index is 13.7. The number of hydrogen-bond acceptors (Lipinski definition) is 2. The highest BCUT2D eigenvalue weighted by atomic mass is 19.1. The summed E-state index contributed by atoms with van der Waals surface area (Å²) >= 11 is 0. The van der Waals surface area contributed by atoms with Crippen molar-refractivity contribution in [1.82, 2.24) is 0 Å². The minimum Gasteiger partial charge on any atom is -0.508 e. The summed E-state index contributed by atoms with van der Waals surface area (Å²) in [4.78, 5) is 0. The maximum atomic E-state index is 13.7. The molecule has 3 rings (SSSR count). The summed E-state index contributed by atoms with van der Waals surface area (Å²) in [5.74, 6) is 0.342. The van der Waals surface area contributed by atoms with E-state index in [9.17, 15) is 14.6 Å². The van der Waals surface area contributed by atoms with E-state index in [0.717, 1.165) is 16.7 Å². The van der Waals surface area contributed by atoms with Crippen LogP contribution in [0.4, 0.5) is 4.39 Å². The number of aryl methyl sites for hydroxylation is 1. The van der Waals surface area contributed by atoms with Crippen LogP contribution in [0.15, 0.2) is 66.7 Å². The van der Waals surface area contributed by atoms with Crippen molar-refractivity contribution in [3.8, 4) is 11.5 Å². The predicted molar refractivity (Wildman–Crippen MR) is 97.6 cm³/mol. The van der Waals surface area contributed by atoms with Crippen LogP contribution >= 0.6 is 0 Å². The number of benzene rings is 3. The molecule has 128 valence electrons. The van der Waals surface area contributed by atoms with E-state index in [1.807, 2.05) is 36.4 Å². The summed E-state index contributed by atoms with van der Waals surface area (Å²) in [6.07, 6.45) is 0. The molecule has 0 saturated heterocycles. The van der Waals surface area contributed by atoms with E-state index in [1.165, 1.54) is 6.07 Å². The molecule has 0 heterocycles. The van der Waals surface area contributed by atoms with Gasteiger partial charge in [-0.25, -0.2) is 4.39 Å². The Kier molecular flexibility index (Phi) is 4.75. The number of halogens is 1. The third kappa shape index (κ3) is 3.66. The molecule has 25 heavy (non-hydrogen) atoms. The van der Waals surface area contributed by atoms with Gasteiger partial charge in [-0.1, -0.05) is 43.3 Å². The zero-order valence-electron chi connectivity index (χ0n) is 14.3. The van der Waals surface area contributed by atoms with Crippen LogP contribution in [0, 0.1) is 12.7 Å². The smallest absolute Gasteiger partial charge is 0.126 e. The van der Waals surface area contributed by atoms with Gasteiger partial charge in [-0.2, -0.15) is 0 Å². The molecule has 2 N–H and O–H groups in total. The number of rotatable bonds is 4. The summed E-state index contributed by atoms with van der Waals surface area (Å²) in [6, 6.07) is 19.5. The van der Waals surface area contributed by atoms with Crippen LogP contribution in [0.25, 0.3) is 0 Å². The van der Waals surface area contributed by atoms with Gasteiger partial charge >= 0.3 is 0 Å². The second-order valence-corrected chi connectivity index (χ2v) is 6.46. The average molecular weight is 336 g/mol. The molecule has 0 aliphatic heterocycles. The Morgan fingerprint density at radius 3 is 1.72 bits per heavy atom. The van der Waals surface area contributed by atoms with Gasteiger partial charge in [0.25, 0.3) is 0 Å². The van der Waals surface area contributed by atoms with Gasteiger partial charge in [-0.15, -0.1) is 0 Å². The molecule has 0 aromatic heterocycles. The van der Waals surface area contributed by atoms with E-state index in [2.05, 4.69) is 6.92 Å². The number of phenols is 2. The molecule has 0 spiro atoms. The summed E-state index contributed by atoms with van der Waals surface area (Å²) < 4.78 is 13.7. The summed E-state index contributed by atoms with van der Waals surface area (Å²) in [5, 5.41) is 19.1. The van der Waals surface area contributed by atoms with Gasteiger partial charge in [0.05, 0.1) is 0 Å². The summed E-state index contributed by atoms with van der Waals surface area (Å²) in [5.41, 5.74) is 3.76. The van der Waals surface area contributed by atoms with Gasteiger partial charge in [-0.05, 0) is 65.4 Å². The van der Waals surface area contributed by atoms with Crippen molar-refractivity contribution in [3.63, 3.8) is 0 Å². The molecule has 0 bridgehead atoms. The number of aromatic hydroxyl groups is 2. The van der Waals surface area contributed by atoms with Crippen LogP contribution < -0.4 is 0 Å². The molecule has 0 aliphatic rings. The highest BCUT2D eigenvalue weighted by Gasteiger charge is 2.23. The molecular formula is C22H21FO2. The van der Waals surface area contributed by atoms with Gasteiger partial charge in [0, 0.05) is 5.92 Å². The Morgan fingerprint density at radius 2 is 1.20 bits per heavy atom. The van der Waals surface area contributed by atoms with E-state index in [-0.39, 0.29) is 29.2 Å². The Balaban J connectivity index is 2.08. The van der Waals surface area contributed by atoms with Crippen molar-refractivity contribution in [3.05, 3.63) is 94.8 Å². The first-order valence-corrected chi connectivity index (χ1v) is 8.29. The standard InChI is InChI=1S/C22H21FO2/c1-14-13-18(7-12-21(14)23)22(17-5-10-20(25)11-6-17)15(2)16-3-8-19(24)9-4-16/h3-13,15,22,24-25H,1-2H3. The van der Waals surface area contributed by atoms with E-state index in [4.69, 9.17) is 0 Å². The van der Waals surface area contributed by atoms with Gasteiger partial charge in [0.1, 0.15) is 17.3 Å². The van der Waals surface area contributed by atoms with Crippen LogP contribution in [0.5, 0.6) is 11.5 Å². The van der Waals surface area contributed by atoms with Gasteiger partial charge in [0.2, 0.25) is 0 Å². The predicted octanol–water partition coefficient (Wildman–Crippen LogP) is 5.48. The highest BCUT2D eigenvalue weighted by molar-refractivity contribution is 5.42. The fourth-order valence-corrected chi connectivity index (χ4v) is 3.28. The van der Waals surface area contributed by atoms with Crippen molar-refractivity contribution < 1.29 is 14.6 Å². The zero-order chi connectivity index (χ0) is 18.0. The molecule has 0 aliphatic carbocycles. The fraction of sp³-hybridized carbons (Fsp3) is 0.182.